The van der Waals surface area contributed by atoms with Crippen molar-refractivity contribution in [2.75, 3.05) is 25.0 Å². The van der Waals surface area contributed by atoms with Crippen molar-refractivity contribution in [1.82, 2.24) is 15.2 Å². The van der Waals surface area contributed by atoms with Gasteiger partial charge in [-0.25, -0.2) is 9.78 Å². The monoisotopic (exact) mass is 396 g/mol. The minimum atomic E-state index is -0.284. The van der Waals surface area contributed by atoms with Crippen LogP contribution in [0.2, 0.25) is 0 Å². The van der Waals surface area contributed by atoms with E-state index < -0.39 is 0 Å². The molecule has 1 aliphatic rings. The van der Waals surface area contributed by atoms with E-state index in [1.165, 1.54) is 5.56 Å². The van der Waals surface area contributed by atoms with Gasteiger partial charge in [-0.1, -0.05) is 12.1 Å². The van der Waals surface area contributed by atoms with Gasteiger partial charge < -0.3 is 20.3 Å². The molecule has 2 N–H and O–H groups in total. The van der Waals surface area contributed by atoms with Gasteiger partial charge in [0.25, 0.3) is 5.91 Å². The smallest absolute Gasteiger partial charge is 0.409 e. The fourth-order valence-corrected chi connectivity index (χ4v) is 3.35. The number of aryl methyl sites for hydroxylation is 1. The Labute approximate surface area is 171 Å². The number of rotatable bonds is 5. The summed E-state index contributed by atoms with van der Waals surface area (Å²) in [5.74, 6) is 0.495. The summed E-state index contributed by atoms with van der Waals surface area (Å²) in [6.45, 7) is 7.44. The van der Waals surface area contributed by atoms with Crippen LogP contribution >= 0.6 is 0 Å². The van der Waals surface area contributed by atoms with Crippen molar-refractivity contribution in [1.29, 1.82) is 0 Å². The SMILES string of the molecule is CCOC(=O)N1CCC(NC(=O)c2ccnc(Nc3cccc(C)c3C)c2)CC1. The van der Waals surface area contributed by atoms with Gasteiger partial charge in [0.2, 0.25) is 0 Å². The number of nitrogens with zero attached hydrogens (tertiary/aromatic N) is 2. The molecule has 0 radical (unpaired) electrons. The number of piperidine rings is 1. The van der Waals surface area contributed by atoms with Crippen LogP contribution in [-0.2, 0) is 4.74 Å². The molecule has 7 nitrogen and oxygen atoms in total. The van der Waals surface area contributed by atoms with Crippen LogP contribution in [-0.4, -0.2) is 47.6 Å². The van der Waals surface area contributed by atoms with E-state index in [1.807, 2.05) is 12.1 Å². The van der Waals surface area contributed by atoms with Crippen molar-refractivity contribution in [3.05, 3.63) is 53.2 Å². The molecule has 1 aromatic carbocycles. The molecule has 29 heavy (non-hydrogen) atoms. The van der Waals surface area contributed by atoms with Crippen LogP contribution < -0.4 is 10.6 Å². The van der Waals surface area contributed by atoms with Crippen LogP contribution in [0.15, 0.2) is 36.5 Å². The van der Waals surface area contributed by atoms with Crippen molar-refractivity contribution in [2.24, 2.45) is 0 Å². The van der Waals surface area contributed by atoms with Crippen molar-refractivity contribution in [3.63, 3.8) is 0 Å². The molecule has 1 aliphatic heterocycles. The Bertz CT molecular complexity index is 876. The maximum absolute atomic E-state index is 12.7. The summed E-state index contributed by atoms with van der Waals surface area (Å²) >= 11 is 0. The number of nitrogens with one attached hydrogen (secondary N) is 2. The van der Waals surface area contributed by atoms with E-state index in [4.69, 9.17) is 4.74 Å². The summed E-state index contributed by atoms with van der Waals surface area (Å²) in [5.41, 5.74) is 3.87. The van der Waals surface area contributed by atoms with Gasteiger partial charge in [0.1, 0.15) is 5.82 Å². The summed E-state index contributed by atoms with van der Waals surface area (Å²) in [4.78, 5) is 30.5. The summed E-state index contributed by atoms with van der Waals surface area (Å²) in [6, 6.07) is 9.54. The summed E-state index contributed by atoms with van der Waals surface area (Å²) in [6.07, 6.45) is 2.77. The lowest BCUT2D eigenvalue weighted by molar-refractivity contribution is 0.0860. The maximum Gasteiger partial charge on any atom is 0.409 e. The first-order valence-corrected chi connectivity index (χ1v) is 9.99. The number of hydrogen-bond donors (Lipinski definition) is 2. The zero-order valence-electron chi connectivity index (χ0n) is 17.2. The second-order valence-electron chi connectivity index (χ2n) is 7.24. The fraction of sp³-hybridized carbons (Fsp3) is 0.409. The topological polar surface area (TPSA) is 83.6 Å². The number of aromatic nitrogens is 1. The van der Waals surface area contributed by atoms with Gasteiger partial charge in [-0.3, -0.25) is 4.79 Å². The van der Waals surface area contributed by atoms with E-state index in [-0.39, 0.29) is 18.0 Å². The third-order valence-corrected chi connectivity index (χ3v) is 5.25. The molecule has 0 bridgehead atoms. The molecule has 0 unspecified atom stereocenters. The summed E-state index contributed by atoms with van der Waals surface area (Å²) in [5, 5.41) is 6.36. The van der Waals surface area contributed by atoms with Crippen LogP contribution in [0.5, 0.6) is 0 Å². The lowest BCUT2D eigenvalue weighted by atomic mass is 10.0. The fourth-order valence-electron chi connectivity index (χ4n) is 3.35. The third-order valence-electron chi connectivity index (χ3n) is 5.25. The van der Waals surface area contributed by atoms with E-state index in [0.29, 0.717) is 43.9 Å². The van der Waals surface area contributed by atoms with Crippen LogP contribution in [0.3, 0.4) is 0 Å². The molecule has 1 fully saturated rings. The number of ether oxygens (including phenoxy) is 1. The minimum absolute atomic E-state index is 0.0387. The Balaban J connectivity index is 1.59. The van der Waals surface area contributed by atoms with Crippen molar-refractivity contribution < 1.29 is 14.3 Å². The molecule has 154 valence electrons. The first-order valence-electron chi connectivity index (χ1n) is 9.99. The Kier molecular flexibility index (Phi) is 6.69. The van der Waals surface area contributed by atoms with Crippen molar-refractivity contribution >= 4 is 23.5 Å². The maximum atomic E-state index is 12.7. The molecular formula is C22H28N4O3. The van der Waals surface area contributed by atoms with E-state index in [0.717, 1.165) is 11.3 Å². The molecular weight excluding hydrogens is 368 g/mol. The lowest BCUT2D eigenvalue weighted by Gasteiger charge is -2.31. The average molecular weight is 396 g/mol. The number of carbonyl (C=O) groups excluding carboxylic acids is 2. The largest absolute Gasteiger partial charge is 0.450 e. The second kappa shape index (κ2) is 9.41. The van der Waals surface area contributed by atoms with E-state index in [1.54, 1.807) is 30.2 Å². The van der Waals surface area contributed by atoms with E-state index >= 15 is 0 Å². The predicted molar refractivity (Wildman–Crippen MR) is 113 cm³/mol. The highest BCUT2D eigenvalue weighted by atomic mass is 16.6. The number of amides is 2. The zero-order chi connectivity index (χ0) is 20.8. The number of anilines is 2. The highest BCUT2D eigenvalue weighted by molar-refractivity contribution is 5.95. The van der Waals surface area contributed by atoms with Gasteiger partial charge in [0, 0.05) is 36.6 Å². The van der Waals surface area contributed by atoms with Gasteiger partial charge in [0.15, 0.2) is 0 Å². The average Bonchev–Trinajstić information content (AvgIpc) is 2.72. The molecule has 0 spiro atoms. The van der Waals surface area contributed by atoms with Crippen molar-refractivity contribution in [3.8, 4) is 0 Å². The molecule has 1 saturated heterocycles. The third kappa shape index (κ3) is 5.25. The normalized spacial score (nSPS) is 14.4. The van der Waals surface area contributed by atoms with E-state index in [2.05, 4.69) is 35.5 Å². The van der Waals surface area contributed by atoms with Gasteiger partial charge in [-0.2, -0.15) is 0 Å². The molecule has 2 amide bonds. The lowest BCUT2D eigenvalue weighted by Crippen LogP contribution is -2.46. The molecule has 0 aliphatic carbocycles. The van der Waals surface area contributed by atoms with Crippen molar-refractivity contribution in [2.45, 2.75) is 39.7 Å². The quantitative estimate of drug-likeness (QED) is 0.803. The molecule has 3 rings (SSSR count). The number of carbonyl (C=O) groups is 2. The first-order chi connectivity index (χ1) is 14.0. The van der Waals surface area contributed by atoms with Crippen LogP contribution in [0.1, 0.15) is 41.3 Å². The van der Waals surface area contributed by atoms with Gasteiger partial charge in [0.05, 0.1) is 6.61 Å². The molecule has 0 atom stereocenters. The van der Waals surface area contributed by atoms with Gasteiger partial charge in [-0.15, -0.1) is 0 Å². The predicted octanol–water partition coefficient (Wildman–Crippen LogP) is 3.79. The molecule has 2 heterocycles. The molecule has 1 aromatic heterocycles. The Morgan fingerprint density at radius 3 is 2.69 bits per heavy atom. The Hall–Kier alpha value is -3.09. The summed E-state index contributed by atoms with van der Waals surface area (Å²) in [7, 11) is 0. The number of pyridine rings is 1. The molecule has 0 saturated carbocycles. The molecule has 7 heteroatoms. The zero-order valence-corrected chi connectivity index (χ0v) is 17.2. The van der Waals surface area contributed by atoms with Crippen LogP contribution in [0.4, 0.5) is 16.3 Å². The first kappa shape index (κ1) is 20.6. The van der Waals surface area contributed by atoms with Gasteiger partial charge in [-0.05, 0) is 62.9 Å². The van der Waals surface area contributed by atoms with Crippen LogP contribution in [0, 0.1) is 13.8 Å². The Morgan fingerprint density at radius 2 is 1.97 bits per heavy atom. The number of hydrogen-bond acceptors (Lipinski definition) is 5. The number of likely N-dealkylation sites (tertiary alicyclic amines) is 1. The number of benzene rings is 1. The van der Waals surface area contributed by atoms with E-state index in [9.17, 15) is 9.59 Å². The Morgan fingerprint density at radius 1 is 1.21 bits per heavy atom. The summed E-state index contributed by atoms with van der Waals surface area (Å²) < 4.78 is 5.03. The standard InChI is InChI=1S/C22H28N4O3/c1-4-29-22(28)26-12-9-18(10-13-26)24-21(27)17-8-11-23-20(14-17)25-19-7-5-6-15(2)16(19)3/h5-8,11,14,18H,4,9-10,12-13H2,1-3H3,(H,23,25)(H,24,27). The minimum Gasteiger partial charge on any atom is -0.450 e. The molecule has 2 aromatic rings. The highest BCUT2D eigenvalue weighted by Gasteiger charge is 2.24. The second-order valence-corrected chi connectivity index (χ2v) is 7.24. The highest BCUT2D eigenvalue weighted by Crippen LogP contribution is 2.22. The van der Waals surface area contributed by atoms with Gasteiger partial charge >= 0.3 is 6.09 Å². The van der Waals surface area contributed by atoms with Crippen LogP contribution in [0.25, 0.3) is 0 Å².